The van der Waals surface area contributed by atoms with Gasteiger partial charge in [0.15, 0.2) is 0 Å². The molecule has 42 heavy (non-hydrogen) atoms. The number of unbranched alkanes of at least 4 members (excludes halogenated alkanes) is 4. The standard InChI is InChI=1S/2C19H20O2/c2*1-2-3-4-7-13-10-11-16-17(12-13)19(21)15-9-6-5-8-14(15)18(16)20/h2*5-6,8-12,20-21H,2-4,7H2,1H3. The van der Waals surface area contributed by atoms with Gasteiger partial charge in [-0.25, -0.2) is 0 Å². The lowest BCUT2D eigenvalue weighted by Crippen LogP contribution is -1.87. The summed E-state index contributed by atoms with van der Waals surface area (Å²) in [5.41, 5.74) is 2.42. The Morgan fingerprint density at radius 3 is 1.02 bits per heavy atom. The van der Waals surface area contributed by atoms with Crippen LogP contribution in [-0.4, -0.2) is 20.4 Å². The van der Waals surface area contributed by atoms with Crippen LogP contribution in [0.15, 0.2) is 84.9 Å². The highest BCUT2D eigenvalue weighted by atomic mass is 16.3. The van der Waals surface area contributed by atoms with Crippen LogP contribution in [0.25, 0.3) is 43.1 Å². The number of benzene rings is 6. The Kier molecular flexibility index (Phi) is 9.02. The number of rotatable bonds is 8. The van der Waals surface area contributed by atoms with Gasteiger partial charge in [0.1, 0.15) is 23.0 Å². The van der Waals surface area contributed by atoms with E-state index in [9.17, 15) is 20.4 Å². The van der Waals surface area contributed by atoms with Crippen LogP contribution in [-0.2, 0) is 12.8 Å². The average molecular weight is 561 g/mol. The molecule has 0 bridgehead atoms. The fourth-order valence-electron chi connectivity index (χ4n) is 5.83. The molecule has 0 amide bonds. The van der Waals surface area contributed by atoms with E-state index in [1.807, 2.05) is 84.9 Å². The van der Waals surface area contributed by atoms with Gasteiger partial charge in [-0.05, 0) is 48.9 Å². The van der Waals surface area contributed by atoms with Gasteiger partial charge in [-0.1, -0.05) is 112 Å². The fraction of sp³-hybridized carbons (Fsp3) is 0.263. The van der Waals surface area contributed by atoms with Gasteiger partial charge in [-0.2, -0.15) is 0 Å². The van der Waals surface area contributed by atoms with E-state index >= 15 is 0 Å². The summed E-state index contributed by atoms with van der Waals surface area (Å²) in [5, 5.41) is 47.6. The molecule has 0 fully saturated rings. The van der Waals surface area contributed by atoms with E-state index in [1.165, 1.54) is 36.8 Å². The Balaban J connectivity index is 0.000000168. The third-order valence-electron chi connectivity index (χ3n) is 8.20. The lowest BCUT2D eigenvalue weighted by atomic mass is 9.97. The van der Waals surface area contributed by atoms with Crippen molar-refractivity contribution in [3.8, 4) is 23.0 Å². The van der Waals surface area contributed by atoms with Crippen LogP contribution in [0.2, 0.25) is 0 Å². The molecule has 0 aliphatic carbocycles. The van der Waals surface area contributed by atoms with Gasteiger partial charge < -0.3 is 20.4 Å². The largest absolute Gasteiger partial charge is 0.507 e. The first-order valence-corrected chi connectivity index (χ1v) is 15.1. The Morgan fingerprint density at radius 2 is 0.690 bits per heavy atom. The van der Waals surface area contributed by atoms with Crippen LogP contribution in [0, 0.1) is 0 Å². The molecule has 0 aromatic heterocycles. The minimum absolute atomic E-state index is 0.249. The van der Waals surface area contributed by atoms with Crippen LogP contribution >= 0.6 is 0 Å². The molecule has 0 unspecified atom stereocenters. The van der Waals surface area contributed by atoms with Crippen LogP contribution in [0.1, 0.15) is 63.5 Å². The van der Waals surface area contributed by atoms with E-state index in [0.29, 0.717) is 32.3 Å². The number of aromatic hydroxyl groups is 4. The number of phenolic OH excluding ortho intramolecular Hbond substituents is 4. The van der Waals surface area contributed by atoms with Gasteiger partial charge in [0.25, 0.3) is 0 Å². The molecule has 0 atom stereocenters. The van der Waals surface area contributed by atoms with Gasteiger partial charge >= 0.3 is 0 Å². The van der Waals surface area contributed by atoms with E-state index in [1.54, 1.807) is 0 Å². The van der Waals surface area contributed by atoms with Crippen LogP contribution < -0.4 is 0 Å². The molecule has 4 heteroatoms. The molecule has 0 radical (unpaired) electrons. The Morgan fingerprint density at radius 1 is 0.381 bits per heavy atom. The zero-order valence-electron chi connectivity index (χ0n) is 24.5. The molecule has 0 saturated heterocycles. The van der Waals surface area contributed by atoms with Crippen molar-refractivity contribution in [2.75, 3.05) is 0 Å². The van der Waals surface area contributed by atoms with Crippen LogP contribution in [0.3, 0.4) is 0 Å². The van der Waals surface area contributed by atoms with E-state index in [0.717, 1.165) is 36.5 Å². The Hall–Kier alpha value is -4.44. The maximum absolute atomic E-state index is 10.5. The van der Waals surface area contributed by atoms with E-state index in [2.05, 4.69) is 13.8 Å². The van der Waals surface area contributed by atoms with Gasteiger partial charge in [0, 0.05) is 43.1 Å². The Labute approximate surface area is 247 Å². The first kappa shape index (κ1) is 29.1. The van der Waals surface area contributed by atoms with Crippen molar-refractivity contribution in [1.82, 2.24) is 0 Å². The summed E-state index contributed by atoms with van der Waals surface area (Å²) in [4.78, 5) is 0. The number of phenols is 4. The highest BCUT2D eigenvalue weighted by Crippen LogP contribution is 2.42. The summed E-state index contributed by atoms with van der Waals surface area (Å²) in [7, 11) is 0. The zero-order valence-corrected chi connectivity index (χ0v) is 24.5. The van der Waals surface area contributed by atoms with Crippen molar-refractivity contribution in [3.63, 3.8) is 0 Å². The normalized spacial score (nSPS) is 11.3. The highest BCUT2D eigenvalue weighted by molar-refractivity contribution is 6.11. The second kappa shape index (κ2) is 13.0. The lowest BCUT2D eigenvalue weighted by molar-refractivity contribution is 0.478. The summed E-state index contributed by atoms with van der Waals surface area (Å²) in [5.74, 6) is 1.02. The topological polar surface area (TPSA) is 80.9 Å². The molecule has 6 aromatic rings. The van der Waals surface area contributed by atoms with Crippen molar-refractivity contribution in [1.29, 1.82) is 0 Å². The maximum Gasteiger partial charge on any atom is 0.131 e. The van der Waals surface area contributed by atoms with Crippen molar-refractivity contribution in [2.45, 2.75) is 65.2 Å². The number of hydrogen-bond acceptors (Lipinski definition) is 4. The molecular formula is C38H40O4. The van der Waals surface area contributed by atoms with Gasteiger partial charge in [-0.3, -0.25) is 0 Å². The summed E-state index contributed by atoms with van der Waals surface area (Å²) in [6.45, 7) is 4.38. The van der Waals surface area contributed by atoms with Crippen molar-refractivity contribution in [2.24, 2.45) is 0 Å². The van der Waals surface area contributed by atoms with Gasteiger partial charge in [0.05, 0.1) is 0 Å². The molecule has 0 aliphatic heterocycles. The molecular weight excluding hydrogens is 520 g/mol. The fourth-order valence-corrected chi connectivity index (χ4v) is 5.83. The second-order valence-corrected chi connectivity index (χ2v) is 11.2. The molecule has 216 valence electrons. The lowest BCUT2D eigenvalue weighted by Gasteiger charge is -2.11. The average Bonchev–Trinajstić information content (AvgIpc) is 3.03. The highest BCUT2D eigenvalue weighted by Gasteiger charge is 2.14. The monoisotopic (exact) mass is 560 g/mol. The number of hydrogen-bond donors (Lipinski definition) is 4. The van der Waals surface area contributed by atoms with Gasteiger partial charge in [0.2, 0.25) is 0 Å². The first-order chi connectivity index (χ1) is 20.4. The third-order valence-corrected chi connectivity index (χ3v) is 8.20. The molecule has 6 aromatic carbocycles. The van der Waals surface area contributed by atoms with Crippen molar-refractivity contribution in [3.05, 3.63) is 96.1 Å². The molecule has 4 nitrogen and oxygen atoms in total. The zero-order chi connectivity index (χ0) is 29.6. The van der Waals surface area contributed by atoms with Crippen molar-refractivity contribution >= 4 is 43.1 Å². The predicted molar refractivity (Wildman–Crippen MR) is 176 cm³/mol. The molecule has 0 aliphatic rings. The molecule has 0 spiro atoms. The third kappa shape index (κ3) is 5.80. The van der Waals surface area contributed by atoms with Crippen molar-refractivity contribution < 1.29 is 20.4 Å². The quantitative estimate of drug-likeness (QED) is 0.0848. The second-order valence-electron chi connectivity index (χ2n) is 11.2. The smallest absolute Gasteiger partial charge is 0.131 e. The SMILES string of the molecule is CCCCCc1ccc2c(O)c3ccccc3c(O)c2c1.CCCCCc1ccc2c(O)c3ccccc3c(O)c2c1. The summed E-state index contributed by atoms with van der Waals surface area (Å²) < 4.78 is 0. The van der Waals surface area contributed by atoms with E-state index < -0.39 is 0 Å². The maximum atomic E-state index is 10.5. The predicted octanol–water partition coefficient (Wildman–Crippen LogP) is 10.3. The first-order valence-electron chi connectivity index (χ1n) is 15.1. The van der Waals surface area contributed by atoms with E-state index in [-0.39, 0.29) is 23.0 Å². The van der Waals surface area contributed by atoms with E-state index in [4.69, 9.17) is 0 Å². The van der Waals surface area contributed by atoms with Crippen LogP contribution in [0.4, 0.5) is 0 Å². The summed E-state index contributed by atoms with van der Waals surface area (Å²) >= 11 is 0. The molecule has 6 rings (SSSR count). The number of aryl methyl sites for hydroxylation is 2. The Bertz CT molecular complexity index is 1720. The molecule has 4 N–H and O–H groups in total. The molecule has 0 heterocycles. The number of fused-ring (bicyclic) bond motifs is 4. The minimum Gasteiger partial charge on any atom is -0.507 e. The van der Waals surface area contributed by atoms with Gasteiger partial charge in [-0.15, -0.1) is 0 Å². The molecule has 0 saturated carbocycles. The van der Waals surface area contributed by atoms with Crippen LogP contribution in [0.5, 0.6) is 23.0 Å². The minimum atomic E-state index is 0.249. The summed E-state index contributed by atoms with van der Waals surface area (Å²) in [6.07, 6.45) is 9.16. The summed E-state index contributed by atoms with van der Waals surface area (Å²) in [6, 6.07) is 26.8.